The average molecular weight is 402 g/mol. The third kappa shape index (κ3) is 4.59. The molecule has 1 fully saturated rings. The first-order valence-electron chi connectivity index (χ1n) is 10.3. The van der Waals surface area contributed by atoms with Gasteiger partial charge in [-0.2, -0.15) is 0 Å². The molecule has 1 aliphatic rings. The molecular formula is C24H26N4O2. The van der Waals surface area contributed by atoms with Gasteiger partial charge in [-0.25, -0.2) is 9.97 Å². The summed E-state index contributed by atoms with van der Waals surface area (Å²) in [5.74, 6) is 2.34. The van der Waals surface area contributed by atoms with Gasteiger partial charge < -0.3 is 14.5 Å². The second-order valence-electron chi connectivity index (χ2n) is 7.49. The van der Waals surface area contributed by atoms with Gasteiger partial charge in [0.25, 0.3) is 5.91 Å². The van der Waals surface area contributed by atoms with E-state index in [2.05, 4.69) is 9.88 Å². The van der Waals surface area contributed by atoms with Gasteiger partial charge >= 0.3 is 0 Å². The summed E-state index contributed by atoms with van der Waals surface area (Å²) in [4.78, 5) is 26.0. The smallest absolute Gasteiger partial charge is 0.263 e. The SMILES string of the molecule is Cc1ccc(OC(C)C(=O)N2CCN(c3ccnc(-c4ccccc4)n3)CC2)cc1. The van der Waals surface area contributed by atoms with Crippen LogP contribution in [0.25, 0.3) is 11.4 Å². The predicted octanol–water partition coefficient (Wildman–Crippen LogP) is 3.57. The maximum absolute atomic E-state index is 12.8. The van der Waals surface area contributed by atoms with Gasteiger partial charge in [-0.1, -0.05) is 48.0 Å². The molecule has 1 saturated heterocycles. The molecule has 0 N–H and O–H groups in total. The van der Waals surface area contributed by atoms with Crippen LogP contribution in [-0.2, 0) is 4.79 Å². The van der Waals surface area contributed by atoms with E-state index in [4.69, 9.17) is 9.72 Å². The Morgan fingerprint density at radius 3 is 2.37 bits per heavy atom. The van der Waals surface area contributed by atoms with Crippen molar-refractivity contribution in [3.63, 3.8) is 0 Å². The van der Waals surface area contributed by atoms with Crippen molar-refractivity contribution in [1.29, 1.82) is 0 Å². The van der Waals surface area contributed by atoms with Crippen molar-refractivity contribution in [2.45, 2.75) is 20.0 Å². The standard InChI is InChI=1S/C24H26N4O2/c1-18-8-10-21(11-9-18)30-19(2)24(29)28-16-14-27(15-17-28)22-12-13-25-23(26-22)20-6-4-3-5-7-20/h3-13,19H,14-17H2,1-2H3. The topological polar surface area (TPSA) is 58.6 Å². The van der Waals surface area contributed by atoms with E-state index in [0.717, 1.165) is 35.8 Å². The maximum atomic E-state index is 12.8. The number of benzene rings is 2. The number of hydrogen-bond donors (Lipinski definition) is 0. The Morgan fingerprint density at radius 2 is 1.67 bits per heavy atom. The van der Waals surface area contributed by atoms with E-state index >= 15 is 0 Å². The molecule has 0 aliphatic carbocycles. The molecule has 0 spiro atoms. The zero-order chi connectivity index (χ0) is 20.9. The molecule has 0 saturated carbocycles. The molecule has 4 rings (SSSR count). The summed E-state index contributed by atoms with van der Waals surface area (Å²) in [6.45, 7) is 6.59. The largest absolute Gasteiger partial charge is 0.481 e. The third-order valence-corrected chi connectivity index (χ3v) is 5.27. The molecule has 6 heteroatoms. The molecule has 1 aliphatic heterocycles. The van der Waals surface area contributed by atoms with E-state index in [9.17, 15) is 4.79 Å². The molecule has 2 aromatic carbocycles. The lowest BCUT2D eigenvalue weighted by atomic mass is 10.2. The number of piperazine rings is 1. The highest BCUT2D eigenvalue weighted by molar-refractivity contribution is 5.81. The average Bonchev–Trinajstić information content (AvgIpc) is 2.81. The number of anilines is 1. The molecule has 6 nitrogen and oxygen atoms in total. The second kappa shape index (κ2) is 8.95. The van der Waals surface area contributed by atoms with Crippen LogP contribution in [0, 0.1) is 6.92 Å². The van der Waals surface area contributed by atoms with Gasteiger partial charge in [0.15, 0.2) is 11.9 Å². The van der Waals surface area contributed by atoms with Crippen molar-refractivity contribution in [3.8, 4) is 17.1 Å². The van der Waals surface area contributed by atoms with Crippen LogP contribution in [0.15, 0.2) is 66.9 Å². The maximum Gasteiger partial charge on any atom is 0.263 e. The van der Waals surface area contributed by atoms with Gasteiger partial charge in [0.05, 0.1) is 0 Å². The summed E-state index contributed by atoms with van der Waals surface area (Å²) in [6, 6.07) is 19.6. The van der Waals surface area contributed by atoms with Gasteiger partial charge in [0, 0.05) is 37.9 Å². The summed E-state index contributed by atoms with van der Waals surface area (Å²) in [5, 5.41) is 0. The van der Waals surface area contributed by atoms with Crippen LogP contribution in [0.1, 0.15) is 12.5 Å². The Balaban J connectivity index is 1.35. The van der Waals surface area contributed by atoms with Gasteiger partial charge in [-0.05, 0) is 32.0 Å². The monoisotopic (exact) mass is 402 g/mol. The number of carbonyl (C=O) groups excluding carboxylic acids is 1. The quantitative estimate of drug-likeness (QED) is 0.653. The molecule has 0 bridgehead atoms. The van der Waals surface area contributed by atoms with Crippen LogP contribution in [-0.4, -0.2) is 53.1 Å². The van der Waals surface area contributed by atoms with E-state index in [1.54, 1.807) is 6.20 Å². The summed E-state index contributed by atoms with van der Waals surface area (Å²) >= 11 is 0. The highest BCUT2D eigenvalue weighted by Crippen LogP contribution is 2.20. The molecule has 1 amide bonds. The fourth-order valence-electron chi connectivity index (χ4n) is 3.54. The lowest BCUT2D eigenvalue weighted by molar-refractivity contribution is -0.138. The summed E-state index contributed by atoms with van der Waals surface area (Å²) in [6.07, 6.45) is 1.28. The number of nitrogens with zero attached hydrogens (tertiary/aromatic N) is 4. The summed E-state index contributed by atoms with van der Waals surface area (Å²) < 4.78 is 5.84. The zero-order valence-electron chi connectivity index (χ0n) is 17.4. The van der Waals surface area contributed by atoms with Gasteiger partial charge in [0.1, 0.15) is 11.6 Å². The van der Waals surface area contributed by atoms with Crippen molar-refractivity contribution in [2.24, 2.45) is 0 Å². The van der Waals surface area contributed by atoms with Crippen LogP contribution >= 0.6 is 0 Å². The minimum absolute atomic E-state index is 0.0166. The van der Waals surface area contributed by atoms with Crippen molar-refractivity contribution < 1.29 is 9.53 Å². The minimum atomic E-state index is -0.511. The first kappa shape index (κ1) is 19.9. The van der Waals surface area contributed by atoms with Crippen molar-refractivity contribution in [1.82, 2.24) is 14.9 Å². The number of rotatable bonds is 5. The minimum Gasteiger partial charge on any atom is -0.481 e. The van der Waals surface area contributed by atoms with Crippen molar-refractivity contribution in [3.05, 3.63) is 72.4 Å². The number of amides is 1. The molecular weight excluding hydrogens is 376 g/mol. The first-order valence-corrected chi connectivity index (χ1v) is 10.3. The molecule has 2 heterocycles. The number of hydrogen-bond acceptors (Lipinski definition) is 5. The lowest BCUT2D eigenvalue weighted by Gasteiger charge is -2.36. The Hall–Kier alpha value is -3.41. The van der Waals surface area contributed by atoms with E-state index in [1.165, 1.54) is 0 Å². The molecule has 1 aromatic heterocycles. The van der Waals surface area contributed by atoms with E-state index in [-0.39, 0.29) is 5.91 Å². The number of ether oxygens (including phenoxy) is 1. The highest BCUT2D eigenvalue weighted by atomic mass is 16.5. The normalized spacial score (nSPS) is 15.0. The lowest BCUT2D eigenvalue weighted by Crippen LogP contribution is -2.52. The summed E-state index contributed by atoms with van der Waals surface area (Å²) in [5.41, 5.74) is 2.16. The first-order chi connectivity index (χ1) is 14.6. The van der Waals surface area contributed by atoms with Crippen molar-refractivity contribution in [2.75, 3.05) is 31.1 Å². The highest BCUT2D eigenvalue weighted by Gasteiger charge is 2.26. The Bertz CT molecular complexity index is 984. The van der Waals surface area contributed by atoms with Crippen LogP contribution in [0.4, 0.5) is 5.82 Å². The number of carbonyl (C=O) groups is 1. The predicted molar refractivity (Wildman–Crippen MR) is 118 cm³/mol. The van der Waals surface area contributed by atoms with Crippen LogP contribution in [0.2, 0.25) is 0 Å². The number of aromatic nitrogens is 2. The fraction of sp³-hybridized carbons (Fsp3) is 0.292. The van der Waals surface area contributed by atoms with Gasteiger partial charge in [-0.15, -0.1) is 0 Å². The fourth-order valence-corrected chi connectivity index (χ4v) is 3.54. The van der Waals surface area contributed by atoms with Crippen LogP contribution in [0.3, 0.4) is 0 Å². The second-order valence-corrected chi connectivity index (χ2v) is 7.49. The zero-order valence-corrected chi connectivity index (χ0v) is 17.4. The third-order valence-electron chi connectivity index (χ3n) is 5.27. The van der Waals surface area contributed by atoms with Gasteiger partial charge in [-0.3, -0.25) is 4.79 Å². The molecule has 1 unspecified atom stereocenters. The molecule has 0 radical (unpaired) electrons. The van der Waals surface area contributed by atoms with Crippen LogP contribution < -0.4 is 9.64 Å². The van der Waals surface area contributed by atoms with E-state index in [0.29, 0.717) is 18.9 Å². The summed E-state index contributed by atoms with van der Waals surface area (Å²) in [7, 11) is 0. The molecule has 154 valence electrons. The number of aryl methyl sites for hydroxylation is 1. The van der Waals surface area contributed by atoms with E-state index in [1.807, 2.05) is 79.4 Å². The molecule has 30 heavy (non-hydrogen) atoms. The Morgan fingerprint density at radius 1 is 0.967 bits per heavy atom. The van der Waals surface area contributed by atoms with Crippen LogP contribution in [0.5, 0.6) is 5.75 Å². The molecule has 1 atom stereocenters. The van der Waals surface area contributed by atoms with Crippen molar-refractivity contribution >= 4 is 11.7 Å². The van der Waals surface area contributed by atoms with Gasteiger partial charge in [0.2, 0.25) is 0 Å². The molecule has 3 aromatic rings. The van der Waals surface area contributed by atoms with E-state index < -0.39 is 6.10 Å². The Labute approximate surface area is 177 Å². The Kier molecular flexibility index (Phi) is 5.93.